The van der Waals surface area contributed by atoms with E-state index < -0.39 is 9.26 Å². The number of fused-ring (bicyclic) bond motifs is 1. The molecule has 5 nitrogen and oxygen atoms in total. The van der Waals surface area contributed by atoms with Crippen molar-refractivity contribution in [2.45, 2.75) is 17.2 Å². The quantitative estimate of drug-likeness (QED) is 0.489. The molecule has 1 aromatic rings. The van der Waals surface area contributed by atoms with Gasteiger partial charge >= 0.3 is 0 Å². The number of benzene rings is 1. The van der Waals surface area contributed by atoms with Crippen LogP contribution in [-0.4, -0.2) is 22.5 Å². The highest BCUT2D eigenvalue weighted by atomic mass is 35.5. The van der Waals surface area contributed by atoms with Gasteiger partial charge in [0.05, 0.1) is 11.0 Å². The maximum Gasteiger partial charge on any atom is 0.276 e. The number of halogens is 2. The molecular weight excluding hydrogens is 293 g/mol. The first-order valence-corrected chi connectivity index (χ1v) is 6.68. The van der Waals surface area contributed by atoms with Crippen LogP contribution in [0.15, 0.2) is 12.1 Å². The van der Waals surface area contributed by atoms with Gasteiger partial charge in [-0.25, -0.2) is 0 Å². The lowest BCUT2D eigenvalue weighted by molar-refractivity contribution is -0.385. The molecular formula is C12H11Cl2NO4. The Morgan fingerprint density at radius 3 is 2.42 bits per heavy atom. The van der Waals surface area contributed by atoms with Gasteiger partial charge < -0.3 is 9.47 Å². The maximum atomic E-state index is 11.1. The van der Waals surface area contributed by atoms with Crippen LogP contribution in [0.2, 0.25) is 0 Å². The van der Waals surface area contributed by atoms with E-state index in [1.54, 1.807) is 6.07 Å². The fourth-order valence-electron chi connectivity index (χ4n) is 2.21. The van der Waals surface area contributed by atoms with Crippen LogP contribution in [-0.2, 0) is 6.42 Å². The van der Waals surface area contributed by atoms with Crippen molar-refractivity contribution in [1.29, 1.82) is 0 Å². The second-order valence-corrected chi connectivity index (χ2v) is 6.29. The van der Waals surface area contributed by atoms with Gasteiger partial charge in [-0.3, -0.25) is 10.1 Å². The number of nitrogens with zero attached hydrogens (tertiary/aromatic N) is 1. The predicted octanol–water partition coefficient (Wildman–Crippen LogP) is 3.10. The number of alkyl halides is 2. The maximum absolute atomic E-state index is 11.1. The molecule has 1 aliphatic heterocycles. The highest BCUT2D eigenvalue weighted by Gasteiger charge is 2.51. The third-order valence-electron chi connectivity index (χ3n) is 3.36. The molecule has 7 heteroatoms. The lowest BCUT2D eigenvalue weighted by atomic mass is 10.1. The lowest BCUT2D eigenvalue weighted by Crippen LogP contribution is -2.16. The molecule has 1 saturated carbocycles. The van der Waals surface area contributed by atoms with Crippen LogP contribution >= 0.6 is 23.2 Å². The van der Waals surface area contributed by atoms with E-state index in [-0.39, 0.29) is 11.6 Å². The summed E-state index contributed by atoms with van der Waals surface area (Å²) < 4.78 is 10.0. The zero-order valence-electron chi connectivity index (χ0n) is 9.90. The number of nitro groups is 1. The molecule has 0 radical (unpaired) electrons. The summed E-state index contributed by atoms with van der Waals surface area (Å²) in [5.41, 5.74) is 0.614. The summed E-state index contributed by atoms with van der Waals surface area (Å²) >= 11 is 11.9. The van der Waals surface area contributed by atoms with Gasteiger partial charge in [0.25, 0.3) is 5.69 Å². The number of nitro benzene ring substituents is 1. The Balaban J connectivity index is 1.94. The molecule has 1 fully saturated rings. The van der Waals surface area contributed by atoms with Gasteiger partial charge in [-0.15, -0.1) is 23.2 Å². The van der Waals surface area contributed by atoms with Gasteiger partial charge in [0.1, 0.15) is 17.5 Å². The number of hydrogen-bond donors (Lipinski definition) is 0. The molecule has 0 unspecified atom stereocenters. The van der Waals surface area contributed by atoms with E-state index in [4.69, 9.17) is 32.7 Å². The van der Waals surface area contributed by atoms with Crippen molar-refractivity contribution in [2.24, 2.45) is 5.92 Å². The second kappa shape index (κ2) is 4.42. The van der Waals surface area contributed by atoms with Crippen LogP contribution in [0.4, 0.5) is 5.69 Å². The summed E-state index contributed by atoms with van der Waals surface area (Å²) in [7, 11) is 0. The molecule has 0 amide bonds. The molecule has 1 aromatic carbocycles. The van der Waals surface area contributed by atoms with Crippen LogP contribution in [0.25, 0.3) is 0 Å². The molecule has 1 heterocycles. The summed E-state index contributed by atoms with van der Waals surface area (Å²) in [6.07, 6.45) is 1.13. The largest absolute Gasteiger partial charge is 0.486 e. The van der Waals surface area contributed by atoms with E-state index in [0.29, 0.717) is 43.1 Å². The van der Waals surface area contributed by atoms with E-state index in [0.717, 1.165) is 0 Å². The highest BCUT2D eigenvalue weighted by Crippen LogP contribution is 2.55. The summed E-state index contributed by atoms with van der Waals surface area (Å²) in [5.74, 6) is 1.01. The fraction of sp³-hybridized carbons (Fsp3) is 0.500. The molecule has 0 N–H and O–H groups in total. The molecule has 3 rings (SSSR count). The average molecular weight is 304 g/mol. The zero-order chi connectivity index (χ0) is 13.6. The van der Waals surface area contributed by atoms with Gasteiger partial charge in [0.15, 0.2) is 11.5 Å². The average Bonchev–Trinajstić information content (AvgIpc) is 2.95. The minimum atomic E-state index is -0.749. The summed E-state index contributed by atoms with van der Waals surface area (Å²) in [6, 6.07) is 3.07. The molecule has 2 aliphatic rings. The molecule has 0 bridgehead atoms. The molecule has 0 saturated heterocycles. The Kier molecular flexibility index (Phi) is 2.98. The summed E-state index contributed by atoms with van der Waals surface area (Å²) in [4.78, 5) is 10.7. The van der Waals surface area contributed by atoms with Crippen molar-refractivity contribution >= 4 is 28.9 Å². The van der Waals surface area contributed by atoms with E-state index >= 15 is 0 Å². The minimum Gasteiger partial charge on any atom is -0.486 e. The minimum absolute atomic E-state index is 0.0280. The van der Waals surface area contributed by atoms with E-state index in [2.05, 4.69) is 0 Å². The Bertz CT molecular complexity index is 547. The van der Waals surface area contributed by atoms with Gasteiger partial charge in [0, 0.05) is 5.56 Å². The monoisotopic (exact) mass is 303 g/mol. The summed E-state index contributed by atoms with van der Waals surface area (Å²) in [6.45, 7) is 0.848. The smallest absolute Gasteiger partial charge is 0.276 e. The van der Waals surface area contributed by atoms with Crippen LogP contribution in [0, 0.1) is 16.0 Å². The molecule has 102 valence electrons. The number of hydrogen-bond acceptors (Lipinski definition) is 4. The Labute approximate surface area is 119 Å². The van der Waals surface area contributed by atoms with Gasteiger partial charge in [0.2, 0.25) is 0 Å². The van der Waals surface area contributed by atoms with Gasteiger partial charge in [-0.1, -0.05) is 0 Å². The molecule has 0 aromatic heterocycles. The molecule has 19 heavy (non-hydrogen) atoms. The van der Waals surface area contributed by atoms with Crippen LogP contribution in [0.3, 0.4) is 0 Å². The first-order valence-electron chi connectivity index (χ1n) is 5.92. The summed E-state index contributed by atoms with van der Waals surface area (Å²) in [5, 5.41) is 11.1. The van der Waals surface area contributed by atoms with Crippen molar-refractivity contribution in [2.75, 3.05) is 13.2 Å². The third kappa shape index (κ3) is 2.44. The number of ether oxygens (including phenoxy) is 2. The second-order valence-electron chi connectivity index (χ2n) is 4.75. The number of rotatable bonds is 3. The Hall–Kier alpha value is -1.20. The highest BCUT2D eigenvalue weighted by molar-refractivity contribution is 6.50. The lowest BCUT2D eigenvalue weighted by Gasteiger charge is -2.19. The normalized spacial score (nSPS) is 22.9. The standard InChI is InChI=1S/C12H11Cl2NO4/c13-12(14)6-8(12)3-7-4-10-11(19-2-1-18-10)5-9(7)15(16)17/h4-5,8H,1-3,6H2/t8-/m0/s1. The van der Waals surface area contributed by atoms with Gasteiger partial charge in [-0.2, -0.15) is 0 Å². The van der Waals surface area contributed by atoms with Crippen molar-refractivity contribution in [3.8, 4) is 11.5 Å². The SMILES string of the molecule is O=[N+]([O-])c1cc2c(cc1C[C@H]1CC1(Cl)Cl)OCCO2. The third-order valence-corrected chi connectivity index (χ3v) is 4.29. The van der Waals surface area contributed by atoms with Crippen molar-refractivity contribution < 1.29 is 14.4 Å². The van der Waals surface area contributed by atoms with Crippen LogP contribution in [0.5, 0.6) is 11.5 Å². The van der Waals surface area contributed by atoms with E-state index in [9.17, 15) is 10.1 Å². The van der Waals surface area contributed by atoms with Crippen molar-refractivity contribution in [1.82, 2.24) is 0 Å². The Morgan fingerprint density at radius 2 is 1.89 bits per heavy atom. The van der Waals surface area contributed by atoms with Gasteiger partial charge in [-0.05, 0) is 24.8 Å². The topological polar surface area (TPSA) is 61.6 Å². The van der Waals surface area contributed by atoms with Crippen LogP contribution in [0.1, 0.15) is 12.0 Å². The molecule has 0 spiro atoms. The van der Waals surface area contributed by atoms with Crippen LogP contribution < -0.4 is 9.47 Å². The molecule has 1 aliphatic carbocycles. The first kappa shape index (κ1) is 12.8. The van der Waals surface area contributed by atoms with Crippen molar-refractivity contribution in [3.05, 3.63) is 27.8 Å². The zero-order valence-corrected chi connectivity index (χ0v) is 11.4. The van der Waals surface area contributed by atoms with E-state index in [1.807, 2.05) is 0 Å². The van der Waals surface area contributed by atoms with Crippen molar-refractivity contribution in [3.63, 3.8) is 0 Å². The molecule has 1 atom stereocenters. The van der Waals surface area contributed by atoms with E-state index in [1.165, 1.54) is 6.07 Å². The fourth-order valence-corrected chi connectivity index (χ4v) is 2.74. The predicted molar refractivity (Wildman–Crippen MR) is 70.3 cm³/mol. The first-order chi connectivity index (χ1) is 8.97. The Morgan fingerprint density at radius 1 is 1.32 bits per heavy atom.